The summed E-state index contributed by atoms with van der Waals surface area (Å²) in [7, 11) is 0. The van der Waals surface area contributed by atoms with Crippen molar-refractivity contribution in [2.75, 3.05) is 4.90 Å². The van der Waals surface area contributed by atoms with E-state index in [-0.39, 0.29) is 0 Å². The van der Waals surface area contributed by atoms with Crippen molar-refractivity contribution in [2.45, 2.75) is 0 Å². The first-order chi connectivity index (χ1) is 26.3. The third kappa shape index (κ3) is 5.79. The minimum Gasteiger partial charge on any atom is -0.310 e. The summed E-state index contributed by atoms with van der Waals surface area (Å²) < 4.78 is 3.77. The van der Waals surface area contributed by atoms with Crippen LogP contribution in [0.5, 0.6) is 0 Å². The molecule has 0 bridgehead atoms. The Kier molecular flexibility index (Phi) is 7.90. The van der Waals surface area contributed by atoms with E-state index in [2.05, 4.69) is 199 Å². The van der Waals surface area contributed by atoms with Crippen molar-refractivity contribution in [3.05, 3.63) is 194 Å². The van der Waals surface area contributed by atoms with Gasteiger partial charge in [0.05, 0.1) is 15.9 Å². The highest BCUT2D eigenvalue weighted by atomic mass is 32.1. The van der Waals surface area contributed by atoms with Crippen LogP contribution in [-0.2, 0) is 0 Å². The van der Waals surface area contributed by atoms with E-state index < -0.39 is 0 Å². The second kappa shape index (κ2) is 13.3. The Morgan fingerprint density at radius 2 is 0.925 bits per heavy atom. The Morgan fingerprint density at radius 3 is 1.62 bits per heavy atom. The van der Waals surface area contributed by atoms with Crippen LogP contribution in [0.1, 0.15) is 0 Å². The van der Waals surface area contributed by atoms with Crippen LogP contribution in [0.15, 0.2) is 194 Å². The third-order valence-corrected chi connectivity index (χ3v) is 12.1. The molecule has 0 amide bonds. The average molecular weight is 713 g/mol. The Hall–Kier alpha value is -6.33. The number of rotatable bonds is 7. The Morgan fingerprint density at radius 1 is 0.377 bits per heavy atom. The highest BCUT2D eigenvalue weighted by Gasteiger charge is 2.19. The smallest absolute Gasteiger partial charge is 0.124 e. The molecule has 0 saturated heterocycles. The summed E-state index contributed by atoms with van der Waals surface area (Å²) >= 11 is 3.62. The van der Waals surface area contributed by atoms with Gasteiger partial charge in [-0.3, -0.25) is 0 Å². The molecule has 8 aromatic carbocycles. The van der Waals surface area contributed by atoms with E-state index >= 15 is 0 Å². The van der Waals surface area contributed by atoms with E-state index in [4.69, 9.17) is 4.98 Å². The molecule has 0 aliphatic rings. The van der Waals surface area contributed by atoms with Crippen molar-refractivity contribution in [1.29, 1.82) is 0 Å². The monoisotopic (exact) mass is 712 g/mol. The molecule has 0 saturated carbocycles. The van der Waals surface area contributed by atoms with Crippen LogP contribution in [0.4, 0.5) is 17.1 Å². The number of para-hydroxylation sites is 1. The third-order valence-electron chi connectivity index (χ3n) is 9.92. The molecule has 0 spiro atoms. The van der Waals surface area contributed by atoms with Gasteiger partial charge in [0, 0.05) is 42.7 Å². The largest absolute Gasteiger partial charge is 0.310 e. The molecule has 0 radical (unpaired) electrons. The molecule has 250 valence electrons. The first kappa shape index (κ1) is 31.4. The van der Waals surface area contributed by atoms with Gasteiger partial charge >= 0.3 is 0 Å². The zero-order valence-electron chi connectivity index (χ0n) is 28.7. The number of benzene rings is 8. The summed E-state index contributed by atoms with van der Waals surface area (Å²) in [5, 5.41) is 3.66. The van der Waals surface area contributed by atoms with Gasteiger partial charge in [-0.2, -0.15) is 0 Å². The van der Waals surface area contributed by atoms with Crippen molar-refractivity contribution in [2.24, 2.45) is 0 Å². The maximum Gasteiger partial charge on any atom is 0.124 e. The molecule has 2 heterocycles. The predicted octanol–water partition coefficient (Wildman–Crippen LogP) is 14.8. The summed E-state index contributed by atoms with van der Waals surface area (Å²) in [4.78, 5) is 7.41. The van der Waals surface area contributed by atoms with Crippen molar-refractivity contribution >= 4 is 70.1 Å². The minimum atomic E-state index is 1.06. The first-order valence-electron chi connectivity index (χ1n) is 17.8. The average Bonchev–Trinajstić information content (AvgIpc) is 3.82. The van der Waals surface area contributed by atoms with E-state index in [1.165, 1.54) is 58.3 Å². The molecule has 0 N–H and O–H groups in total. The Balaban J connectivity index is 1.08. The Bertz CT molecular complexity index is 2860. The number of aromatic nitrogens is 1. The molecular formula is C49H32N2S2. The Labute approximate surface area is 316 Å². The predicted molar refractivity (Wildman–Crippen MR) is 229 cm³/mol. The molecule has 0 unspecified atom stereocenters. The van der Waals surface area contributed by atoms with Gasteiger partial charge in [0.2, 0.25) is 0 Å². The molecule has 2 aromatic heterocycles. The number of thiophene rings is 1. The topological polar surface area (TPSA) is 16.1 Å². The second-order valence-corrected chi connectivity index (χ2v) is 15.3. The van der Waals surface area contributed by atoms with Crippen LogP contribution >= 0.6 is 22.7 Å². The molecule has 53 heavy (non-hydrogen) atoms. The van der Waals surface area contributed by atoms with Gasteiger partial charge in [-0.25, -0.2) is 4.98 Å². The minimum absolute atomic E-state index is 1.06. The molecule has 0 aliphatic heterocycles. The zero-order valence-corrected chi connectivity index (χ0v) is 30.3. The molecular weight excluding hydrogens is 681 g/mol. The van der Waals surface area contributed by atoms with E-state index in [0.717, 1.165) is 33.1 Å². The normalized spacial score (nSPS) is 11.4. The number of hydrogen-bond donors (Lipinski definition) is 0. The fourth-order valence-corrected chi connectivity index (χ4v) is 9.51. The van der Waals surface area contributed by atoms with E-state index in [0.29, 0.717) is 0 Å². The van der Waals surface area contributed by atoms with Crippen molar-refractivity contribution in [3.8, 4) is 44.0 Å². The summed E-state index contributed by atoms with van der Waals surface area (Å²) in [5.74, 6) is 0. The van der Waals surface area contributed by atoms with Gasteiger partial charge in [0.15, 0.2) is 0 Å². The zero-order chi connectivity index (χ0) is 35.1. The number of fused-ring (bicyclic) bond motifs is 4. The van der Waals surface area contributed by atoms with Crippen LogP contribution in [-0.4, -0.2) is 4.98 Å². The number of hydrogen-bond acceptors (Lipinski definition) is 4. The molecule has 4 heteroatoms. The van der Waals surface area contributed by atoms with E-state index in [1.54, 1.807) is 11.3 Å². The van der Waals surface area contributed by atoms with Crippen LogP contribution in [0.25, 0.3) is 74.3 Å². The number of anilines is 3. The lowest BCUT2D eigenvalue weighted by atomic mass is 9.98. The molecule has 0 atom stereocenters. The molecule has 0 fully saturated rings. The highest BCUT2D eigenvalue weighted by Crippen LogP contribution is 2.45. The van der Waals surface area contributed by atoms with Gasteiger partial charge in [0.1, 0.15) is 5.01 Å². The van der Waals surface area contributed by atoms with E-state index in [1.807, 2.05) is 11.3 Å². The standard InChI is InChI=1S/C49H32N2S2/c1-4-13-33(14-5-1)34-23-27-38(28-24-34)51(44-21-11-10-19-40(44)35-15-6-2-7-16-35)39-29-25-36(26-30-39)41-20-12-22-45-48(41)42-31-47-43(32-46(42)52-45)50-49(53-47)37-17-8-3-9-18-37/h1-32H. The second-order valence-electron chi connectivity index (χ2n) is 13.2. The van der Waals surface area contributed by atoms with Gasteiger partial charge in [-0.05, 0) is 76.3 Å². The number of nitrogens with zero attached hydrogens (tertiary/aromatic N) is 2. The van der Waals surface area contributed by atoms with Gasteiger partial charge < -0.3 is 4.90 Å². The first-order valence-corrected chi connectivity index (χ1v) is 19.4. The quantitative estimate of drug-likeness (QED) is 0.164. The number of thiazole rings is 1. The molecule has 10 aromatic rings. The summed E-state index contributed by atoms with van der Waals surface area (Å²) in [6, 6.07) is 69.8. The molecule has 10 rings (SSSR count). The van der Waals surface area contributed by atoms with Crippen LogP contribution in [0.3, 0.4) is 0 Å². The SMILES string of the molecule is c1ccc(-c2ccc(N(c3ccc(-c4cccc5sc6cc7nc(-c8ccccc8)sc7cc6c45)cc3)c3ccccc3-c3ccccc3)cc2)cc1. The van der Waals surface area contributed by atoms with Gasteiger partial charge in [-0.1, -0.05) is 146 Å². The van der Waals surface area contributed by atoms with Crippen LogP contribution < -0.4 is 4.90 Å². The molecule has 0 aliphatic carbocycles. The van der Waals surface area contributed by atoms with Crippen molar-refractivity contribution in [3.63, 3.8) is 0 Å². The lowest BCUT2D eigenvalue weighted by Crippen LogP contribution is -2.11. The van der Waals surface area contributed by atoms with Gasteiger partial charge in [0.25, 0.3) is 0 Å². The molecule has 2 nitrogen and oxygen atoms in total. The lowest BCUT2D eigenvalue weighted by molar-refractivity contribution is 1.28. The fourth-order valence-electron chi connectivity index (χ4n) is 7.37. The fraction of sp³-hybridized carbons (Fsp3) is 0. The maximum atomic E-state index is 5.03. The summed E-state index contributed by atoms with van der Waals surface area (Å²) in [5.41, 5.74) is 12.8. The maximum absolute atomic E-state index is 5.03. The van der Waals surface area contributed by atoms with Gasteiger partial charge in [-0.15, -0.1) is 22.7 Å². The van der Waals surface area contributed by atoms with Crippen LogP contribution in [0.2, 0.25) is 0 Å². The van der Waals surface area contributed by atoms with Crippen molar-refractivity contribution in [1.82, 2.24) is 4.98 Å². The van der Waals surface area contributed by atoms with Crippen LogP contribution in [0, 0.1) is 0 Å². The summed E-state index contributed by atoms with van der Waals surface area (Å²) in [6.45, 7) is 0. The van der Waals surface area contributed by atoms with Crippen molar-refractivity contribution < 1.29 is 0 Å². The highest BCUT2D eigenvalue weighted by molar-refractivity contribution is 7.26. The summed E-state index contributed by atoms with van der Waals surface area (Å²) in [6.07, 6.45) is 0. The lowest BCUT2D eigenvalue weighted by Gasteiger charge is -2.28. The van der Waals surface area contributed by atoms with E-state index in [9.17, 15) is 0 Å².